The molecule has 1 aromatic rings. The fraction of sp³-hybridized carbons (Fsp3) is 0.500. The number of hydrogen-bond donors (Lipinski definition) is 1. The number of thioether (sulfide) groups is 1. The van der Waals surface area contributed by atoms with Gasteiger partial charge in [-0.25, -0.2) is 0 Å². The third kappa shape index (κ3) is 5.84. The number of halogens is 1. The Kier molecular flexibility index (Phi) is 7.31. The summed E-state index contributed by atoms with van der Waals surface area (Å²) in [6.45, 7) is 3.75. The number of nitro groups is 1. The Hall–Kier alpha value is -0.590. The summed E-state index contributed by atoms with van der Waals surface area (Å²) >= 11 is 5.22. The fourth-order valence-corrected chi connectivity index (χ4v) is 2.68. The summed E-state index contributed by atoms with van der Waals surface area (Å²) < 4.78 is 0.745. The highest BCUT2D eigenvalue weighted by Crippen LogP contribution is 2.21. The first-order chi connectivity index (χ1) is 8.63. The maximum absolute atomic E-state index is 10.7. The van der Waals surface area contributed by atoms with Crippen LogP contribution in [0.1, 0.15) is 18.9 Å². The molecule has 18 heavy (non-hydrogen) atoms. The van der Waals surface area contributed by atoms with Crippen molar-refractivity contribution in [3.8, 4) is 0 Å². The van der Waals surface area contributed by atoms with Crippen molar-refractivity contribution in [3.63, 3.8) is 0 Å². The third-order valence-electron chi connectivity index (χ3n) is 2.33. The van der Waals surface area contributed by atoms with E-state index in [0.717, 1.165) is 34.5 Å². The highest BCUT2D eigenvalue weighted by atomic mass is 79.9. The molecule has 0 radical (unpaired) electrons. The van der Waals surface area contributed by atoms with Crippen molar-refractivity contribution in [2.75, 3.05) is 18.1 Å². The van der Waals surface area contributed by atoms with Crippen LogP contribution in [0.2, 0.25) is 0 Å². The van der Waals surface area contributed by atoms with Gasteiger partial charge in [0.05, 0.1) is 4.92 Å². The summed E-state index contributed by atoms with van der Waals surface area (Å²) in [5.74, 6) is 2.31. The number of nitrogens with one attached hydrogen (secondary N) is 1. The summed E-state index contributed by atoms with van der Waals surface area (Å²) in [7, 11) is 0. The molecule has 1 rings (SSSR count). The molecule has 0 saturated heterocycles. The molecule has 0 spiro atoms. The van der Waals surface area contributed by atoms with E-state index in [-0.39, 0.29) is 10.6 Å². The van der Waals surface area contributed by atoms with Crippen molar-refractivity contribution < 1.29 is 4.92 Å². The summed E-state index contributed by atoms with van der Waals surface area (Å²) in [6.07, 6.45) is 1.12. The molecular weight excluding hydrogens is 316 g/mol. The van der Waals surface area contributed by atoms with Crippen LogP contribution < -0.4 is 5.32 Å². The second kappa shape index (κ2) is 8.50. The highest BCUT2D eigenvalue weighted by Gasteiger charge is 2.08. The first kappa shape index (κ1) is 15.5. The van der Waals surface area contributed by atoms with Gasteiger partial charge in [0.15, 0.2) is 0 Å². The molecule has 1 aromatic carbocycles. The molecule has 0 aliphatic heterocycles. The Morgan fingerprint density at radius 3 is 2.89 bits per heavy atom. The fourth-order valence-electron chi connectivity index (χ4n) is 1.52. The van der Waals surface area contributed by atoms with Gasteiger partial charge in [0.25, 0.3) is 5.69 Å². The quantitative estimate of drug-likeness (QED) is 0.449. The number of nitrogens with zero attached hydrogens (tertiary/aromatic N) is 1. The van der Waals surface area contributed by atoms with Crippen molar-refractivity contribution in [2.24, 2.45) is 0 Å². The van der Waals surface area contributed by atoms with Crippen LogP contribution >= 0.6 is 27.7 Å². The average molecular weight is 333 g/mol. The number of non-ortho nitro benzene ring substituents is 1. The van der Waals surface area contributed by atoms with Gasteiger partial charge in [0, 0.05) is 23.2 Å². The number of benzene rings is 1. The lowest BCUT2D eigenvalue weighted by atomic mass is 10.2. The zero-order valence-corrected chi connectivity index (χ0v) is 12.7. The molecular formula is C12H17BrN2O2S. The molecule has 0 aliphatic rings. The number of rotatable bonds is 8. The minimum absolute atomic E-state index is 0.128. The molecule has 0 fully saturated rings. The van der Waals surface area contributed by atoms with E-state index in [9.17, 15) is 10.1 Å². The zero-order chi connectivity index (χ0) is 13.4. The first-order valence-corrected chi connectivity index (χ1v) is 7.80. The molecule has 100 valence electrons. The van der Waals surface area contributed by atoms with E-state index in [0.29, 0.717) is 6.54 Å². The van der Waals surface area contributed by atoms with Gasteiger partial charge in [0.2, 0.25) is 0 Å². The van der Waals surface area contributed by atoms with Crippen molar-refractivity contribution in [3.05, 3.63) is 38.3 Å². The molecule has 0 aliphatic carbocycles. The SMILES string of the molecule is CCSCCCNCc1cc(Br)cc([N+](=O)[O-])c1. The number of hydrogen-bond acceptors (Lipinski definition) is 4. The van der Waals surface area contributed by atoms with Crippen LogP contribution in [0.4, 0.5) is 5.69 Å². The topological polar surface area (TPSA) is 55.2 Å². The van der Waals surface area contributed by atoms with Crippen LogP contribution in [-0.2, 0) is 6.54 Å². The minimum Gasteiger partial charge on any atom is -0.313 e. The molecule has 0 unspecified atom stereocenters. The Morgan fingerprint density at radius 2 is 2.22 bits per heavy atom. The van der Waals surface area contributed by atoms with Gasteiger partial charge in [0.1, 0.15) is 0 Å². The maximum Gasteiger partial charge on any atom is 0.270 e. The molecule has 0 saturated carbocycles. The summed E-state index contributed by atoms with van der Waals surface area (Å²) in [5, 5.41) is 14.0. The van der Waals surface area contributed by atoms with E-state index < -0.39 is 0 Å². The summed E-state index contributed by atoms with van der Waals surface area (Å²) in [6, 6.07) is 5.03. The Morgan fingerprint density at radius 1 is 1.44 bits per heavy atom. The van der Waals surface area contributed by atoms with Crippen LogP contribution in [0.5, 0.6) is 0 Å². The largest absolute Gasteiger partial charge is 0.313 e. The van der Waals surface area contributed by atoms with Crippen LogP contribution in [0, 0.1) is 10.1 Å². The summed E-state index contributed by atoms with van der Waals surface area (Å²) in [4.78, 5) is 10.3. The molecule has 4 nitrogen and oxygen atoms in total. The lowest BCUT2D eigenvalue weighted by molar-refractivity contribution is -0.385. The van der Waals surface area contributed by atoms with Gasteiger partial charge >= 0.3 is 0 Å². The molecule has 0 amide bonds. The normalized spacial score (nSPS) is 10.6. The van der Waals surface area contributed by atoms with Gasteiger partial charge in [-0.05, 0) is 36.1 Å². The first-order valence-electron chi connectivity index (χ1n) is 5.85. The van der Waals surface area contributed by atoms with E-state index in [1.165, 1.54) is 6.07 Å². The van der Waals surface area contributed by atoms with Crippen LogP contribution in [0.25, 0.3) is 0 Å². The van der Waals surface area contributed by atoms with Gasteiger partial charge in [-0.3, -0.25) is 10.1 Å². The van der Waals surface area contributed by atoms with Crippen LogP contribution in [0.15, 0.2) is 22.7 Å². The second-order valence-electron chi connectivity index (χ2n) is 3.80. The van der Waals surface area contributed by atoms with E-state index in [4.69, 9.17) is 0 Å². The van der Waals surface area contributed by atoms with Gasteiger partial charge in [-0.1, -0.05) is 22.9 Å². The number of nitro benzene ring substituents is 1. The molecule has 0 aromatic heterocycles. The zero-order valence-electron chi connectivity index (χ0n) is 10.3. The summed E-state index contributed by atoms with van der Waals surface area (Å²) in [5.41, 5.74) is 1.06. The molecule has 0 atom stereocenters. The van der Waals surface area contributed by atoms with Crippen molar-refractivity contribution in [1.82, 2.24) is 5.32 Å². The van der Waals surface area contributed by atoms with Gasteiger partial charge in [-0.15, -0.1) is 0 Å². The Balaban J connectivity index is 2.40. The lowest BCUT2D eigenvalue weighted by Gasteiger charge is -2.05. The Bertz CT molecular complexity index is 402. The average Bonchev–Trinajstić information content (AvgIpc) is 2.33. The third-order valence-corrected chi connectivity index (χ3v) is 3.77. The molecule has 0 bridgehead atoms. The smallest absolute Gasteiger partial charge is 0.270 e. The molecule has 0 heterocycles. The molecule has 6 heteroatoms. The monoisotopic (exact) mass is 332 g/mol. The van der Waals surface area contributed by atoms with Gasteiger partial charge < -0.3 is 5.32 Å². The lowest BCUT2D eigenvalue weighted by Crippen LogP contribution is -2.15. The standard InChI is InChI=1S/C12H17BrN2O2S/c1-2-18-5-3-4-14-9-10-6-11(13)8-12(7-10)15(16)17/h6-8,14H,2-5,9H2,1H3. The van der Waals surface area contributed by atoms with Crippen molar-refractivity contribution >= 4 is 33.4 Å². The second-order valence-corrected chi connectivity index (χ2v) is 6.11. The van der Waals surface area contributed by atoms with Crippen LogP contribution in [-0.4, -0.2) is 23.0 Å². The van der Waals surface area contributed by atoms with E-state index in [1.54, 1.807) is 6.07 Å². The highest BCUT2D eigenvalue weighted by molar-refractivity contribution is 9.10. The van der Waals surface area contributed by atoms with Crippen LogP contribution in [0.3, 0.4) is 0 Å². The minimum atomic E-state index is -0.369. The van der Waals surface area contributed by atoms with Gasteiger partial charge in [-0.2, -0.15) is 11.8 Å². The molecule has 1 N–H and O–H groups in total. The predicted molar refractivity (Wildman–Crippen MR) is 80.1 cm³/mol. The predicted octanol–water partition coefficient (Wildman–Crippen LogP) is 3.59. The maximum atomic E-state index is 10.7. The van der Waals surface area contributed by atoms with E-state index in [2.05, 4.69) is 28.2 Å². The van der Waals surface area contributed by atoms with Crippen molar-refractivity contribution in [2.45, 2.75) is 19.9 Å². The van der Waals surface area contributed by atoms with E-state index in [1.807, 2.05) is 17.8 Å². The Labute approximate surface area is 120 Å². The van der Waals surface area contributed by atoms with Crippen molar-refractivity contribution in [1.29, 1.82) is 0 Å². The van der Waals surface area contributed by atoms with E-state index >= 15 is 0 Å².